The fourth-order valence-corrected chi connectivity index (χ4v) is 4.60. The normalized spacial score (nSPS) is 36.4. The van der Waals surface area contributed by atoms with E-state index in [9.17, 15) is 0 Å². The summed E-state index contributed by atoms with van der Waals surface area (Å²) in [6.45, 7) is 3.29. The van der Waals surface area contributed by atoms with Gasteiger partial charge in [0.2, 0.25) is 0 Å². The number of thioether (sulfide) groups is 1. The largest absolute Gasteiger partial charge is 0.329 e. The molecule has 0 aliphatic carbocycles. The van der Waals surface area contributed by atoms with E-state index in [1.54, 1.807) is 0 Å². The summed E-state index contributed by atoms with van der Waals surface area (Å²) in [5, 5.41) is 0. The van der Waals surface area contributed by atoms with Crippen LogP contribution in [0.15, 0.2) is 0 Å². The zero-order valence-corrected chi connectivity index (χ0v) is 12.1. The molecule has 0 bridgehead atoms. The van der Waals surface area contributed by atoms with Gasteiger partial charge in [-0.25, -0.2) is 0 Å². The number of hydrogen-bond donors (Lipinski definition) is 1. The molecule has 2 aliphatic heterocycles. The number of rotatable bonds is 3. The Morgan fingerprint density at radius 1 is 1.47 bits per heavy atom. The lowest BCUT2D eigenvalue weighted by Gasteiger charge is -2.49. The molecule has 17 heavy (non-hydrogen) atoms. The zero-order valence-electron chi connectivity index (χ0n) is 11.3. The zero-order chi connectivity index (χ0) is 12.3. The van der Waals surface area contributed by atoms with Crippen molar-refractivity contribution in [2.24, 2.45) is 5.73 Å². The van der Waals surface area contributed by atoms with Gasteiger partial charge >= 0.3 is 0 Å². The Kier molecular flexibility index (Phi) is 4.75. The lowest BCUT2D eigenvalue weighted by atomic mass is 9.90. The van der Waals surface area contributed by atoms with Crippen LogP contribution in [0.4, 0.5) is 0 Å². The molecule has 0 saturated carbocycles. The van der Waals surface area contributed by atoms with Gasteiger partial charge in [-0.15, -0.1) is 0 Å². The summed E-state index contributed by atoms with van der Waals surface area (Å²) < 4.78 is 0. The van der Waals surface area contributed by atoms with Crippen molar-refractivity contribution in [1.29, 1.82) is 0 Å². The van der Waals surface area contributed by atoms with Gasteiger partial charge in [0.15, 0.2) is 0 Å². The number of likely N-dealkylation sites (N-methyl/N-ethyl adjacent to an activating group) is 2. The first-order valence-corrected chi connectivity index (χ1v) is 8.03. The lowest BCUT2D eigenvalue weighted by Crippen LogP contribution is -2.61. The molecule has 2 N–H and O–H groups in total. The second kappa shape index (κ2) is 5.91. The van der Waals surface area contributed by atoms with Crippen LogP contribution in [0.1, 0.15) is 25.7 Å². The molecule has 2 rings (SSSR count). The molecule has 2 fully saturated rings. The third kappa shape index (κ3) is 2.98. The summed E-state index contributed by atoms with van der Waals surface area (Å²) >= 11 is 2.08. The predicted octanol–water partition coefficient (Wildman–Crippen LogP) is 1.24. The minimum absolute atomic E-state index is 0.270. The van der Waals surface area contributed by atoms with Gasteiger partial charge < -0.3 is 10.6 Å². The third-order valence-electron chi connectivity index (χ3n) is 4.58. The molecule has 0 spiro atoms. The standard InChI is InChI=1S/C13H27N3S/c1-15-7-3-5-12(9-15)16(2)13(10-14)6-4-8-17-11-13/h12H,3-11,14H2,1-2H3. The fourth-order valence-electron chi connectivity index (χ4n) is 3.26. The first-order valence-electron chi connectivity index (χ1n) is 6.87. The van der Waals surface area contributed by atoms with Gasteiger partial charge in [-0.1, -0.05) is 0 Å². The Morgan fingerprint density at radius 2 is 2.29 bits per heavy atom. The second-order valence-electron chi connectivity index (χ2n) is 5.75. The number of nitrogens with zero attached hydrogens (tertiary/aromatic N) is 2. The molecule has 0 aromatic carbocycles. The van der Waals surface area contributed by atoms with Gasteiger partial charge in [-0.2, -0.15) is 11.8 Å². The Morgan fingerprint density at radius 3 is 2.88 bits per heavy atom. The predicted molar refractivity (Wildman–Crippen MR) is 76.6 cm³/mol. The monoisotopic (exact) mass is 257 g/mol. The van der Waals surface area contributed by atoms with Gasteiger partial charge in [0, 0.05) is 30.4 Å². The van der Waals surface area contributed by atoms with E-state index in [4.69, 9.17) is 5.73 Å². The van der Waals surface area contributed by atoms with Crippen molar-refractivity contribution >= 4 is 11.8 Å². The lowest BCUT2D eigenvalue weighted by molar-refractivity contribution is 0.0445. The molecule has 0 aromatic heterocycles. The van der Waals surface area contributed by atoms with Crippen LogP contribution in [0.2, 0.25) is 0 Å². The number of piperidine rings is 1. The highest BCUT2D eigenvalue weighted by Crippen LogP contribution is 2.33. The molecule has 4 heteroatoms. The van der Waals surface area contributed by atoms with Crippen molar-refractivity contribution in [3.63, 3.8) is 0 Å². The van der Waals surface area contributed by atoms with Gasteiger partial charge in [-0.05, 0) is 52.1 Å². The van der Waals surface area contributed by atoms with E-state index in [2.05, 4.69) is 35.7 Å². The van der Waals surface area contributed by atoms with Crippen LogP contribution in [-0.4, -0.2) is 66.6 Å². The van der Waals surface area contributed by atoms with E-state index in [0.717, 1.165) is 6.54 Å². The molecular weight excluding hydrogens is 230 g/mol. The highest BCUT2D eigenvalue weighted by Gasteiger charge is 2.39. The van der Waals surface area contributed by atoms with E-state index >= 15 is 0 Å². The van der Waals surface area contributed by atoms with E-state index in [-0.39, 0.29) is 5.54 Å². The minimum atomic E-state index is 0.270. The van der Waals surface area contributed by atoms with Gasteiger partial charge in [0.25, 0.3) is 0 Å². The van der Waals surface area contributed by atoms with E-state index in [1.165, 1.54) is 50.3 Å². The van der Waals surface area contributed by atoms with Crippen LogP contribution in [0.5, 0.6) is 0 Å². The average molecular weight is 257 g/mol. The van der Waals surface area contributed by atoms with Crippen LogP contribution in [-0.2, 0) is 0 Å². The number of likely N-dealkylation sites (tertiary alicyclic amines) is 1. The van der Waals surface area contributed by atoms with E-state index < -0.39 is 0 Å². The Bertz CT molecular complexity index is 241. The maximum Gasteiger partial charge on any atom is 0.0422 e. The second-order valence-corrected chi connectivity index (χ2v) is 6.86. The molecular formula is C13H27N3S. The fraction of sp³-hybridized carbons (Fsp3) is 1.00. The first-order chi connectivity index (χ1) is 8.18. The van der Waals surface area contributed by atoms with Crippen molar-refractivity contribution < 1.29 is 0 Å². The van der Waals surface area contributed by atoms with Crippen LogP contribution in [0.3, 0.4) is 0 Å². The number of nitrogens with two attached hydrogens (primary N) is 1. The van der Waals surface area contributed by atoms with Crippen molar-refractivity contribution in [3.05, 3.63) is 0 Å². The Balaban J connectivity index is 2.02. The molecule has 0 radical (unpaired) electrons. The molecule has 3 nitrogen and oxygen atoms in total. The number of hydrogen-bond acceptors (Lipinski definition) is 4. The molecule has 2 atom stereocenters. The molecule has 2 heterocycles. The quantitative estimate of drug-likeness (QED) is 0.824. The van der Waals surface area contributed by atoms with E-state index in [0.29, 0.717) is 6.04 Å². The Labute approximate surface area is 110 Å². The maximum atomic E-state index is 6.11. The summed E-state index contributed by atoms with van der Waals surface area (Å²) in [6, 6.07) is 0.705. The summed E-state index contributed by atoms with van der Waals surface area (Å²) in [7, 11) is 4.55. The van der Waals surface area contributed by atoms with Crippen LogP contribution in [0, 0.1) is 0 Å². The summed E-state index contributed by atoms with van der Waals surface area (Å²) in [5.74, 6) is 2.54. The highest BCUT2D eigenvalue weighted by atomic mass is 32.2. The van der Waals surface area contributed by atoms with Gasteiger partial charge in [-0.3, -0.25) is 4.90 Å². The summed E-state index contributed by atoms with van der Waals surface area (Å²) in [5.41, 5.74) is 6.38. The van der Waals surface area contributed by atoms with Crippen molar-refractivity contribution in [1.82, 2.24) is 9.80 Å². The van der Waals surface area contributed by atoms with Gasteiger partial charge in [0.1, 0.15) is 0 Å². The SMILES string of the molecule is CN1CCCC(N(C)C2(CN)CCCSC2)C1. The highest BCUT2D eigenvalue weighted by molar-refractivity contribution is 7.99. The van der Waals surface area contributed by atoms with Crippen molar-refractivity contribution in [3.8, 4) is 0 Å². The van der Waals surface area contributed by atoms with Crippen molar-refractivity contribution in [2.45, 2.75) is 37.3 Å². The Hall–Kier alpha value is 0.230. The smallest absolute Gasteiger partial charge is 0.0422 e. The maximum absolute atomic E-state index is 6.11. The topological polar surface area (TPSA) is 32.5 Å². The summed E-state index contributed by atoms with van der Waals surface area (Å²) in [4.78, 5) is 5.08. The van der Waals surface area contributed by atoms with Crippen LogP contribution >= 0.6 is 11.8 Å². The van der Waals surface area contributed by atoms with Crippen LogP contribution < -0.4 is 5.73 Å². The first kappa shape index (κ1) is 13.7. The average Bonchev–Trinajstić information content (AvgIpc) is 2.38. The molecule has 2 unspecified atom stereocenters. The van der Waals surface area contributed by atoms with Crippen LogP contribution in [0.25, 0.3) is 0 Å². The molecule has 2 saturated heterocycles. The molecule has 0 amide bonds. The van der Waals surface area contributed by atoms with E-state index in [1.807, 2.05) is 0 Å². The molecule has 0 aromatic rings. The molecule has 2 aliphatic rings. The van der Waals surface area contributed by atoms with Gasteiger partial charge in [0.05, 0.1) is 0 Å². The van der Waals surface area contributed by atoms with Crippen molar-refractivity contribution in [2.75, 3.05) is 45.2 Å². The minimum Gasteiger partial charge on any atom is -0.329 e. The summed E-state index contributed by atoms with van der Waals surface area (Å²) in [6.07, 6.45) is 5.29. The third-order valence-corrected chi connectivity index (χ3v) is 5.90. The molecule has 100 valence electrons.